The second-order valence-corrected chi connectivity index (χ2v) is 42.0. The van der Waals surface area contributed by atoms with E-state index in [1.807, 2.05) is 0 Å². The number of aromatic nitrogens is 3. The summed E-state index contributed by atoms with van der Waals surface area (Å²) in [6.07, 6.45) is 28.3. The van der Waals surface area contributed by atoms with Crippen LogP contribution in [-0.2, 0) is 0 Å². The van der Waals surface area contributed by atoms with Crippen LogP contribution in [0, 0.1) is 35.5 Å². The summed E-state index contributed by atoms with van der Waals surface area (Å²) in [7, 11) is 0. The Morgan fingerprint density at radius 2 is 0.358 bits per heavy atom. The lowest BCUT2D eigenvalue weighted by molar-refractivity contribution is 0.233. The van der Waals surface area contributed by atoms with E-state index in [1.54, 1.807) is 0 Å². The van der Waals surface area contributed by atoms with Crippen molar-refractivity contribution in [1.29, 1.82) is 0 Å². The molecule has 3 N–H and O–H groups in total. The van der Waals surface area contributed by atoms with Gasteiger partial charge in [-0.2, -0.15) is 0 Å². The number of ether oxygens (including phenoxy) is 6. The quantitative estimate of drug-likeness (QED) is 0.0349. The number of benzene rings is 15. The molecule has 6 atom stereocenters. The van der Waals surface area contributed by atoms with Gasteiger partial charge in [0, 0.05) is 82.6 Å². The van der Waals surface area contributed by atoms with Crippen molar-refractivity contribution < 1.29 is 28.4 Å². The van der Waals surface area contributed by atoms with Gasteiger partial charge in [0.2, 0.25) is 0 Å². The molecule has 0 bridgehead atoms. The number of hydrogen-bond donors (Lipinski definition) is 3. The van der Waals surface area contributed by atoms with Crippen LogP contribution in [0.15, 0.2) is 309 Å². The summed E-state index contributed by atoms with van der Waals surface area (Å²) >= 11 is 0. The standard InChI is InChI=1S/C138H156N4O6/c1-13-25-31-94(19-7)88-143-118-64-43-100(44-65-118)109-55-76-133-127(79-109)130-85-112(103-49-70-121(71-50-103)146-91-97(22-10)34-28-16-4)82-124(136(130)139-133)106-37-58-115(59-38-106)142(116-60-39-107(40-61-116)125-83-113(104-51-72-122(73-52-104)147-92-98(23-11)35-29-17-5)86-131-128-80-110(56-77-134(128)140-137(125)131)101-45-66-119(67-46-101)144-89-95(20-8)32-26-14-2)117-62-41-108(42-63-117)126-84-114(105-53-74-123(75-54-105)148-93-99(24-12)36-30-18-6)87-132-129-81-111(57-78-135(129)141-138(126)132)102-47-68-120(69-48-102)145-90-96(21-9)33-27-15-3/h37-87,94-99,139-141H,13-36,88-93H2,1-12H3. The lowest BCUT2D eigenvalue weighted by atomic mass is 9.94. The zero-order chi connectivity index (χ0) is 102. The molecular weight excluding hydrogens is 1810 g/mol. The zero-order valence-corrected chi connectivity index (χ0v) is 90.0. The van der Waals surface area contributed by atoms with Crippen LogP contribution in [0.2, 0.25) is 0 Å². The van der Waals surface area contributed by atoms with Crippen LogP contribution in [-0.4, -0.2) is 54.6 Å². The van der Waals surface area contributed by atoms with E-state index in [0.29, 0.717) is 55.3 Å². The zero-order valence-electron chi connectivity index (χ0n) is 90.0. The Hall–Kier alpha value is -13.7. The summed E-state index contributed by atoms with van der Waals surface area (Å²) in [5.74, 6) is 8.66. The van der Waals surface area contributed by atoms with Crippen molar-refractivity contribution in [2.75, 3.05) is 44.5 Å². The van der Waals surface area contributed by atoms with Crippen LogP contribution >= 0.6 is 0 Å². The highest BCUT2D eigenvalue weighted by Gasteiger charge is 2.25. The number of anilines is 3. The van der Waals surface area contributed by atoms with Gasteiger partial charge in [-0.05, 0) is 339 Å². The second-order valence-electron chi connectivity index (χ2n) is 42.0. The molecule has 764 valence electrons. The molecule has 18 aromatic rings. The van der Waals surface area contributed by atoms with E-state index in [9.17, 15) is 0 Å². The van der Waals surface area contributed by atoms with Crippen LogP contribution in [0.4, 0.5) is 17.1 Å². The number of aromatic amines is 3. The van der Waals surface area contributed by atoms with Gasteiger partial charge in [0.15, 0.2) is 0 Å². The monoisotopic (exact) mass is 1970 g/mol. The fourth-order valence-electron chi connectivity index (χ4n) is 21.7. The molecule has 0 saturated heterocycles. The molecule has 6 unspecified atom stereocenters. The summed E-state index contributed by atoms with van der Waals surface area (Å²) in [5, 5.41) is 6.98. The van der Waals surface area contributed by atoms with Gasteiger partial charge in [-0.3, -0.25) is 0 Å². The van der Waals surface area contributed by atoms with Gasteiger partial charge in [0.1, 0.15) is 34.5 Å². The maximum Gasteiger partial charge on any atom is 0.119 e. The molecule has 0 aliphatic carbocycles. The van der Waals surface area contributed by atoms with Gasteiger partial charge in [-0.25, -0.2) is 0 Å². The van der Waals surface area contributed by atoms with E-state index in [-0.39, 0.29) is 0 Å². The largest absolute Gasteiger partial charge is 0.493 e. The van der Waals surface area contributed by atoms with Crippen molar-refractivity contribution >= 4 is 82.5 Å². The van der Waals surface area contributed by atoms with Gasteiger partial charge >= 0.3 is 0 Å². The third-order valence-corrected chi connectivity index (χ3v) is 31.7. The van der Waals surface area contributed by atoms with E-state index in [2.05, 4.69) is 412 Å². The van der Waals surface area contributed by atoms with E-state index < -0.39 is 0 Å². The first kappa shape index (κ1) is 104. The topological polar surface area (TPSA) is 106 Å². The Morgan fingerprint density at radius 1 is 0.182 bits per heavy atom. The highest BCUT2D eigenvalue weighted by molar-refractivity contribution is 6.17. The van der Waals surface area contributed by atoms with Crippen LogP contribution in [0.5, 0.6) is 34.5 Å². The van der Waals surface area contributed by atoms with Gasteiger partial charge < -0.3 is 48.3 Å². The van der Waals surface area contributed by atoms with Crippen molar-refractivity contribution in [3.8, 4) is 135 Å². The van der Waals surface area contributed by atoms with Crippen molar-refractivity contribution in [2.45, 2.75) is 237 Å². The minimum Gasteiger partial charge on any atom is -0.493 e. The third kappa shape index (κ3) is 25.1. The van der Waals surface area contributed by atoms with Gasteiger partial charge in [0.25, 0.3) is 0 Å². The average molecular weight is 1970 g/mol. The number of rotatable bonds is 54. The number of H-pyrrole nitrogens is 3. The molecule has 0 saturated carbocycles. The number of nitrogens with zero attached hydrogens (tertiary/aromatic N) is 1. The molecule has 0 fully saturated rings. The van der Waals surface area contributed by atoms with E-state index in [4.69, 9.17) is 28.4 Å². The van der Waals surface area contributed by atoms with E-state index in [1.165, 1.54) is 132 Å². The summed E-state index contributed by atoms with van der Waals surface area (Å²) in [6.45, 7) is 31.7. The third-order valence-electron chi connectivity index (χ3n) is 31.7. The van der Waals surface area contributed by atoms with E-state index in [0.717, 1.165) is 259 Å². The molecule has 0 amide bonds. The number of hydrogen-bond acceptors (Lipinski definition) is 7. The molecule has 10 heteroatoms. The number of unbranched alkanes of at least 4 members (excludes halogenated alkanes) is 6. The number of nitrogens with one attached hydrogen (secondary N) is 3. The predicted molar refractivity (Wildman–Crippen MR) is 631 cm³/mol. The molecular formula is C138H156N4O6. The highest BCUT2D eigenvalue weighted by atomic mass is 16.5. The maximum absolute atomic E-state index is 6.58. The summed E-state index contributed by atoms with van der Waals surface area (Å²) in [4.78, 5) is 14.5. The van der Waals surface area contributed by atoms with Crippen molar-refractivity contribution in [3.63, 3.8) is 0 Å². The highest BCUT2D eigenvalue weighted by Crippen LogP contribution is 2.48. The van der Waals surface area contributed by atoms with E-state index >= 15 is 0 Å². The molecule has 3 heterocycles. The van der Waals surface area contributed by atoms with Crippen LogP contribution in [0.25, 0.3) is 166 Å². The fraction of sp³-hybridized carbons (Fsp3) is 0.348. The second kappa shape index (κ2) is 50.8. The first-order chi connectivity index (χ1) is 72.7. The number of fused-ring (bicyclic) bond motifs is 9. The molecule has 0 radical (unpaired) electrons. The Bertz CT molecular complexity index is 6600. The smallest absolute Gasteiger partial charge is 0.119 e. The molecule has 0 aliphatic heterocycles. The van der Waals surface area contributed by atoms with Gasteiger partial charge in [-0.1, -0.05) is 326 Å². The predicted octanol–water partition coefficient (Wildman–Crippen LogP) is 40.6. The van der Waals surface area contributed by atoms with Crippen LogP contribution < -0.4 is 33.3 Å². The molecule has 18 rings (SSSR count). The maximum atomic E-state index is 6.58. The first-order valence-corrected chi connectivity index (χ1v) is 56.5. The Morgan fingerprint density at radius 3 is 0.547 bits per heavy atom. The van der Waals surface area contributed by atoms with Gasteiger partial charge in [0.05, 0.1) is 56.2 Å². The molecule has 3 aromatic heterocycles. The molecule has 10 nitrogen and oxygen atoms in total. The minimum atomic E-state index is 0.525. The normalized spacial score (nSPS) is 13.0. The van der Waals surface area contributed by atoms with Gasteiger partial charge in [-0.15, -0.1) is 0 Å². The summed E-state index contributed by atoms with van der Waals surface area (Å²) in [6, 6.07) is 115. The molecule has 148 heavy (non-hydrogen) atoms. The van der Waals surface area contributed by atoms with Crippen LogP contribution in [0.3, 0.4) is 0 Å². The first-order valence-electron chi connectivity index (χ1n) is 56.5. The molecule has 15 aromatic carbocycles. The summed E-state index contributed by atoms with van der Waals surface area (Å²) < 4.78 is 39.1. The summed E-state index contributed by atoms with van der Waals surface area (Å²) in [5.41, 5.74) is 29.8. The van der Waals surface area contributed by atoms with Crippen molar-refractivity contribution in [1.82, 2.24) is 15.0 Å². The Labute approximate surface area is 881 Å². The molecule has 0 aliphatic rings. The van der Waals surface area contributed by atoms with Crippen LogP contribution in [0.1, 0.15) is 237 Å². The fourth-order valence-corrected chi connectivity index (χ4v) is 21.7. The Balaban J connectivity index is 0.752. The lowest BCUT2D eigenvalue weighted by Gasteiger charge is -2.26. The lowest BCUT2D eigenvalue weighted by Crippen LogP contribution is -2.11. The average Bonchev–Trinajstić information content (AvgIpc) is 1.74. The Kier molecular flexibility index (Phi) is 35.8. The van der Waals surface area contributed by atoms with Crippen molar-refractivity contribution in [3.05, 3.63) is 309 Å². The SMILES string of the molecule is CCCCC(CC)COc1ccc(-c2ccc3[nH]c4c(-c5ccc(N(c6ccc(-c7cc(-c8ccc(OCC(CC)CCCC)cc8)cc8c7[nH]c7ccc(-c9ccc(OCC(CC)CCCC)cc9)cc78)cc6)c6ccc(-c7cc(-c8ccc(OCC(CC)CCCC)cc8)cc8c7[nH]c7ccc(-c9ccc(OCC(CC)CCCC)cc9)cc78)cc6)cc5)cc(-c5ccc(OCC(CC)CCCC)cc5)cc4c3c2)cc1. The minimum absolute atomic E-state index is 0.525. The van der Waals surface area contributed by atoms with Crippen molar-refractivity contribution in [2.24, 2.45) is 35.5 Å². The molecule has 0 spiro atoms.